The number of nitrogens with one attached hydrogen (secondary N) is 2. The van der Waals surface area contributed by atoms with Gasteiger partial charge in [-0.2, -0.15) is 0 Å². The van der Waals surface area contributed by atoms with Crippen molar-refractivity contribution in [2.24, 2.45) is 0 Å². The molecule has 2 atom stereocenters. The maximum absolute atomic E-state index is 12.0. The number of aliphatic hydroxyl groups is 1. The van der Waals surface area contributed by atoms with Crippen LogP contribution in [0.1, 0.15) is 39.3 Å². The molecule has 1 aromatic rings. The Morgan fingerprint density at radius 1 is 1.27 bits per heavy atom. The van der Waals surface area contributed by atoms with E-state index in [1.807, 2.05) is 18.2 Å². The van der Waals surface area contributed by atoms with Crippen molar-refractivity contribution in [3.05, 3.63) is 35.9 Å². The number of benzene rings is 1. The molecule has 0 radical (unpaired) electrons. The molecule has 124 valence electrons. The molecular weight excluding hydrogens is 278 g/mol. The van der Waals surface area contributed by atoms with E-state index in [1.54, 1.807) is 14.0 Å². The summed E-state index contributed by atoms with van der Waals surface area (Å²) in [6.07, 6.45) is 0. The third-order valence-corrected chi connectivity index (χ3v) is 3.83. The Hall–Kier alpha value is -1.59. The van der Waals surface area contributed by atoms with Crippen molar-refractivity contribution < 1.29 is 9.90 Å². The minimum absolute atomic E-state index is 0.0450. The maximum Gasteiger partial charge on any atom is 0.317 e. The molecule has 2 unspecified atom stereocenters. The third-order valence-electron chi connectivity index (χ3n) is 3.83. The summed E-state index contributed by atoms with van der Waals surface area (Å²) in [5.41, 5.74) is 0.974. The van der Waals surface area contributed by atoms with Crippen LogP contribution < -0.4 is 10.6 Å². The standard InChI is InChI=1S/C17H29N3O2/c1-13(11-21)20(5)16(22)18-12-17(3,4)19-14(2)15-9-7-6-8-10-15/h6-10,13-14,19,21H,11-12H2,1-5H3,(H,18,22). The smallest absolute Gasteiger partial charge is 0.317 e. The highest BCUT2D eigenvalue weighted by atomic mass is 16.3. The molecule has 0 spiro atoms. The highest BCUT2D eigenvalue weighted by Gasteiger charge is 2.23. The molecule has 0 heterocycles. The van der Waals surface area contributed by atoms with Crippen molar-refractivity contribution in [1.82, 2.24) is 15.5 Å². The van der Waals surface area contributed by atoms with Crippen molar-refractivity contribution in [1.29, 1.82) is 0 Å². The van der Waals surface area contributed by atoms with E-state index < -0.39 is 0 Å². The van der Waals surface area contributed by atoms with Gasteiger partial charge in [-0.15, -0.1) is 0 Å². The molecular formula is C17H29N3O2. The van der Waals surface area contributed by atoms with Gasteiger partial charge in [0, 0.05) is 25.2 Å². The number of aliphatic hydroxyl groups excluding tert-OH is 1. The van der Waals surface area contributed by atoms with Crippen LogP contribution in [-0.2, 0) is 0 Å². The first-order valence-electron chi connectivity index (χ1n) is 7.71. The normalized spacial score (nSPS) is 14.3. The third kappa shape index (κ3) is 5.66. The Labute approximate surface area is 133 Å². The second kappa shape index (κ2) is 8.15. The molecule has 5 nitrogen and oxygen atoms in total. The fraction of sp³-hybridized carbons (Fsp3) is 0.588. The molecule has 0 aliphatic rings. The molecule has 0 saturated heterocycles. The van der Waals surface area contributed by atoms with Crippen LogP contribution in [0.2, 0.25) is 0 Å². The van der Waals surface area contributed by atoms with Gasteiger partial charge in [0.05, 0.1) is 12.6 Å². The van der Waals surface area contributed by atoms with Gasteiger partial charge in [-0.25, -0.2) is 4.79 Å². The Balaban J connectivity index is 2.52. The van der Waals surface area contributed by atoms with Crippen molar-refractivity contribution >= 4 is 6.03 Å². The molecule has 3 N–H and O–H groups in total. The SMILES string of the molecule is CC(NC(C)(C)CNC(=O)N(C)C(C)CO)c1ccccc1. The van der Waals surface area contributed by atoms with E-state index in [1.165, 1.54) is 10.5 Å². The minimum atomic E-state index is -0.242. The van der Waals surface area contributed by atoms with Crippen LogP contribution in [-0.4, -0.2) is 47.8 Å². The molecule has 1 rings (SSSR count). The molecule has 0 bridgehead atoms. The summed E-state index contributed by atoms with van der Waals surface area (Å²) in [5.74, 6) is 0. The van der Waals surface area contributed by atoms with Crippen molar-refractivity contribution in [3.8, 4) is 0 Å². The number of hydrogen-bond acceptors (Lipinski definition) is 3. The van der Waals surface area contributed by atoms with Crippen LogP contribution in [0.15, 0.2) is 30.3 Å². The number of hydrogen-bond donors (Lipinski definition) is 3. The average Bonchev–Trinajstić information content (AvgIpc) is 2.51. The van der Waals surface area contributed by atoms with Crippen LogP contribution in [0.5, 0.6) is 0 Å². The van der Waals surface area contributed by atoms with E-state index in [0.29, 0.717) is 6.54 Å². The predicted molar refractivity (Wildman–Crippen MR) is 89.8 cm³/mol. The van der Waals surface area contributed by atoms with Gasteiger partial charge in [-0.3, -0.25) is 0 Å². The topological polar surface area (TPSA) is 64.6 Å². The summed E-state index contributed by atoms with van der Waals surface area (Å²) in [5, 5.41) is 15.5. The van der Waals surface area contributed by atoms with Crippen LogP contribution in [0.4, 0.5) is 4.79 Å². The first-order chi connectivity index (χ1) is 10.3. The zero-order chi connectivity index (χ0) is 16.8. The fourth-order valence-corrected chi connectivity index (χ4v) is 2.21. The lowest BCUT2D eigenvalue weighted by atomic mass is 10.0. The molecule has 0 aliphatic heterocycles. The number of likely N-dealkylation sites (N-methyl/N-ethyl adjacent to an activating group) is 1. The Kier molecular flexibility index (Phi) is 6.84. The average molecular weight is 307 g/mol. The predicted octanol–water partition coefficient (Wildman–Crippen LogP) is 2.14. The van der Waals surface area contributed by atoms with Crippen LogP contribution in [0.25, 0.3) is 0 Å². The molecule has 22 heavy (non-hydrogen) atoms. The van der Waals surface area contributed by atoms with Crippen LogP contribution in [0, 0.1) is 0 Å². The Morgan fingerprint density at radius 3 is 2.41 bits per heavy atom. The molecule has 1 aromatic carbocycles. The van der Waals surface area contributed by atoms with Crippen LogP contribution >= 0.6 is 0 Å². The summed E-state index contributed by atoms with van der Waals surface area (Å²) >= 11 is 0. The fourth-order valence-electron chi connectivity index (χ4n) is 2.21. The minimum Gasteiger partial charge on any atom is -0.394 e. The van der Waals surface area contributed by atoms with Gasteiger partial charge in [0.1, 0.15) is 0 Å². The van der Waals surface area contributed by atoms with Gasteiger partial charge in [0.25, 0.3) is 0 Å². The molecule has 0 aliphatic carbocycles. The zero-order valence-electron chi connectivity index (χ0n) is 14.3. The van der Waals surface area contributed by atoms with Gasteiger partial charge < -0.3 is 20.6 Å². The lowest BCUT2D eigenvalue weighted by Crippen LogP contribution is -2.53. The maximum atomic E-state index is 12.0. The number of rotatable bonds is 7. The molecule has 0 saturated carbocycles. The lowest BCUT2D eigenvalue weighted by molar-refractivity contribution is 0.155. The number of nitrogens with zero attached hydrogens (tertiary/aromatic N) is 1. The Bertz CT molecular complexity index is 462. The van der Waals surface area contributed by atoms with E-state index in [-0.39, 0.29) is 30.3 Å². The summed E-state index contributed by atoms with van der Waals surface area (Å²) in [4.78, 5) is 13.5. The molecule has 5 heteroatoms. The second-order valence-electron chi connectivity index (χ2n) is 6.46. The van der Waals surface area contributed by atoms with E-state index in [2.05, 4.69) is 43.5 Å². The van der Waals surface area contributed by atoms with Gasteiger partial charge in [0.2, 0.25) is 0 Å². The first kappa shape index (κ1) is 18.5. The number of carbonyl (C=O) groups is 1. The molecule has 0 fully saturated rings. The van der Waals surface area contributed by atoms with Gasteiger partial charge in [-0.1, -0.05) is 30.3 Å². The number of urea groups is 1. The number of carbonyl (C=O) groups excluding carboxylic acids is 1. The number of amides is 2. The van der Waals surface area contributed by atoms with Gasteiger partial charge in [-0.05, 0) is 33.3 Å². The van der Waals surface area contributed by atoms with E-state index >= 15 is 0 Å². The highest BCUT2D eigenvalue weighted by molar-refractivity contribution is 5.74. The molecule has 2 amide bonds. The van der Waals surface area contributed by atoms with Gasteiger partial charge >= 0.3 is 6.03 Å². The van der Waals surface area contributed by atoms with Crippen LogP contribution in [0.3, 0.4) is 0 Å². The monoisotopic (exact) mass is 307 g/mol. The Morgan fingerprint density at radius 2 is 1.86 bits per heavy atom. The highest BCUT2D eigenvalue weighted by Crippen LogP contribution is 2.15. The largest absolute Gasteiger partial charge is 0.394 e. The van der Waals surface area contributed by atoms with Crippen molar-refractivity contribution in [2.75, 3.05) is 20.2 Å². The zero-order valence-corrected chi connectivity index (χ0v) is 14.3. The van der Waals surface area contributed by atoms with E-state index in [9.17, 15) is 4.79 Å². The summed E-state index contributed by atoms with van der Waals surface area (Å²) in [6.45, 7) is 8.49. The summed E-state index contributed by atoms with van der Waals surface area (Å²) < 4.78 is 0. The van der Waals surface area contributed by atoms with Gasteiger partial charge in [0.15, 0.2) is 0 Å². The van der Waals surface area contributed by atoms with Crippen molar-refractivity contribution in [3.63, 3.8) is 0 Å². The van der Waals surface area contributed by atoms with E-state index in [4.69, 9.17) is 5.11 Å². The quantitative estimate of drug-likeness (QED) is 0.723. The first-order valence-corrected chi connectivity index (χ1v) is 7.71. The summed E-state index contributed by atoms with van der Waals surface area (Å²) in [7, 11) is 1.68. The molecule has 0 aromatic heterocycles. The second-order valence-corrected chi connectivity index (χ2v) is 6.46. The van der Waals surface area contributed by atoms with Crippen molar-refractivity contribution in [2.45, 2.75) is 45.3 Å². The lowest BCUT2D eigenvalue weighted by Gasteiger charge is -2.32. The van der Waals surface area contributed by atoms with E-state index in [0.717, 1.165) is 0 Å². The summed E-state index contributed by atoms with van der Waals surface area (Å²) in [6, 6.07) is 10.0.